The average molecular weight is 251 g/mol. The van der Waals surface area contributed by atoms with E-state index in [0.29, 0.717) is 11.4 Å². The van der Waals surface area contributed by atoms with Gasteiger partial charge in [-0.05, 0) is 18.6 Å². The molecule has 0 aliphatic rings. The lowest BCUT2D eigenvalue weighted by Crippen LogP contribution is -1.90. The standard InChI is InChI=1S/C14H18FNS/c1-2-3-4-5-8-11(15)14-16-12-9-6-7-10-13(12)17-14/h6-7,9-11H,2-5,8H2,1H3. The maximum Gasteiger partial charge on any atom is 0.151 e. The Morgan fingerprint density at radius 1 is 1.24 bits per heavy atom. The van der Waals surface area contributed by atoms with Crippen molar-refractivity contribution < 1.29 is 4.39 Å². The van der Waals surface area contributed by atoms with E-state index in [0.717, 1.165) is 23.1 Å². The molecule has 0 amide bonds. The normalized spacial score (nSPS) is 13.1. The Hall–Kier alpha value is -0.960. The summed E-state index contributed by atoms with van der Waals surface area (Å²) in [5.74, 6) is 0. The summed E-state index contributed by atoms with van der Waals surface area (Å²) >= 11 is 1.48. The Balaban J connectivity index is 1.96. The molecule has 0 spiro atoms. The second kappa shape index (κ2) is 6.10. The van der Waals surface area contributed by atoms with Crippen LogP contribution in [0.25, 0.3) is 10.2 Å². The van der Waals surface area contributed by atoms with E-state index in [2.05, 4.69) is 11.9 Å². The first kappa shape index (κ1) is 12.5. The molecule has 92 valence electrons. The fourth-order valence-electron chi connectivity index (χ4n) is 1.90. The van der Waals surface area contributed by atoms with E-state index in [1.165, 1.54) is 24.2 Å². The van der Waals surface area contributed by atoms with Crippen molar-refractivity contribution in [2.75, 3.05) is 0 Å². The van der Waals surface area contributed by atoms with Gasteiger partial charge >= 0.3 is 0 Å². The first-order chi connectivity index (χ1) is 8.31. The number of fused-ring (bicyclic) bond motifs is 1. The van der Waals surface area contributed by atoms with E-state index in [4.69, 9.17) is 0 Å². The largest absolute Gasteiger partial charge is 0.240 e. The number of nitrogens with zero attached hydrogens (tertiary/aromatic N) is 1. The van der Waals surface area contributed by atoms with Crippen LogP contribution in [0.1, 0.15) is 50.2 Å². The molecular weight excluding hydrogens is 233 g/mol. The minimum atomic E-state index is -0.885. The third-order valence-electron chi connectivity index (χ3n) is 2.89. The molecule has 1 aromatic heterocycles. The summed E-state index contributed by atoms with van der Waals surface area (Å²) in [6, 6.07) is 7.86. The summed E-state index contributed by atoms with van der Waals surface area (Å²) in [7, 11) is 0. The Kier molecular flexibility index (Phi) is 4.49. The molecule has 0 radical (unpaired) electrons. The Morgan fingerprint density at radius 2 is 2.06 bits per heavy atom. The van der Waals surface area contributed by atoms with Crippen LogP contribution >= 0.6 is 11.3 Å². The summed E-state index contributed by atoms with van der Waals surface area (Å²) in [5.41, 5.74) is 0.920. The van der Waals surface area contributed by atoms with E-state index in [1.807, 2.05) is 24.3 Å². The third kappa shape index (κ3) is 3.25. The van der Waals surface area contributed by atoms with Gasteiger partial charge in [-0.1, -0.05) is 44.7 Å². The lowest BCUT2D eigenvalue weighted by molar-refractivity contribution is 0.312. The average Bonchev–Trinajstić information content (AvgIpc) is 2.78. The van der Waals surface area contributed by atoms with E-state index in [9.17, 15) is 4.39 Å². The predicted octanol–water partition coefficient (Wildman–Crippen LogP) is 5.28. The topological polar surface area (TPSA) is 12.9 Å². The van der Waals surface area contributed by atoms with E-state index >= 15 is 0 Å². The van der Waals surface area contributed by atoms with Crippen molar-refractivity contribution in [3.8, 4) is 0 Å². The molecule has 1 aromatic carbocycles. The van der Waals surface area contributed by atoms with Gasteiger partial charge in [0.05, 0.1) is 10.2 Å². The first-order valence-electron chi connectivity index (χ1n) is 6.31. The molecule has 0 aliphatic carbocycles. The number of unbranched alkanes of at least 4 members (excludes halogenated alkanes) is 3. The Bertz CT molecular complexity index is 433. The number of benzene rings is 1. The van der Waals surface area contributed by atoms with Crippen LogP contribution in [-0.2, 0) is 0 Å². The van der Waals surface area contributed by atoms with Gasteiger partial charge in [-0.2, -0.15) is 0 Å². The highest BCUT2D eigenvalue weighted by Gasteiger charge is 2.14. The molecule has 0 saturated heterocycles. The van der Waals surface area contributed by atoms with Crippen molar-refractivity contribution in [3.05, 3.63) is 29.3 Å². The zero-order chi connectivity index (χ0) is 12.1. The maximum absolute atomic E-state index is 13.9. The second-order valence-corrected chi connectivity index (χ2v) is 5.40. The highest BCUT2D eigenvalue weighted by Crippen LogP contribution is 2.31. The quantitative estimate of drug-likeness (QED) is 0.637. The molecule has 0 bridgehead atoms. The number of rotatable bonds is 6. The number of alkyl halides is 1. The molecule has 0 fully saturated rings. The zero-order valence-electron chi connectivity index (χ0n) is 10.2. The minimum Gasteiger partial charge on any atom is -0.240 e. The maximum atomic E-state index is 13.9. The molecule has 0 N–H and O–H groups in total. The summed E-state index contributed by atoms with van der Waals surface area (Å²) in [6.07, 6.45) is 4.21. The first-order valence-corrected chi connectivity index (χ1v) is 7.12. The Morgan fingerprint density at radius 3 is 2.82 bits per heavy atom. The number of hydrogen-bond donors (Lipinski definition) is 0. The van der Waals surface area contributed by atoms with Crippen LogP contribution in [0.3, 0.4) is 0 Å². The van der Waals surface area contributed by atoms with Gasteiger partial charge in [-0.25, -0.2) is 9.37 Å². The van der Waals surface area contributed by atoms with Gasteiger partial charge in [0.15, 0.2) is 6.17 Å². The van der Waals surface area contributed by atoms with Crippen LogP contribution in [0, 0.1) is 0 Å². The van der Waals surface area contributed by atoms with Crippen LogP contribution in [0.5, 0.6) is 0 Å². The molecule has 0 aliphatic heterocycles. The van der Waals surface area contributed by atoms with Gasteiger partial charge in [0, 0.05) is 0 Å². The lowest BCUT2D eigenvalue weighted by Gasteiger charge is -2.03. The molecule has 1 nitrogen and oxygen atoms in total. The summed E-state index contributed by atoms with van der Waals surface area (Å²) in [6.45, 7) is 2.17. The second-order valence-electron chi connectivity index (χ2n) is 4.34. The number of para-hydroxylation sites is 1. The van der Waals surface area contributed by atoms with Crippen molar-refractivity contribution in [2.45, 2.75) is 45.2 Å². The van der Waals surface area contributed by atoms with Gasteiger partial charge in [0.25, 0.3) is 0 Å². The third-order valence-corrected chi connectivity index (χ3v) is 4.01. The SMILES string of the molecule is CCCCCCC(F)c1nc2ccccc2s1. The van der Waals surface area contributed by atoms with Crippen LogP contribution in [0.2, 0.25) is 0 Å². The van der Waals surface area contributed by atoms with Crippen LogP contribution in [0.4, 0.5) is 4.39 Å². The van der Waals surface area contributed by atoms with Crippen LogP contribution in [0.15, 0.2) is 24.3 Å². The van der Waals surface area contributed by atoms with E-state index < -0.39 is 6.17 Å². The molecule has 0 saturated carbocycles. The molecule has 17 heavy (non-hydrogen) atoms. The van der Waals surface area contributed by atoms with Crippen molar-refractivity contribution in [2.24, 2.45) is 0 Å². The molecule has 2 rings (SSSR count). The van der Waals surface area contributed by atoms with Crippen molar-refractivity contribution in [1.82, 2.24) is 4.98 Å². The van der Waals surface area contributed by atoms with Gasteiger partial charge in [-0.15, -0.1) is 11.3 Å². The van der Waals surface area contributed by atoms with Gasteiger partial charge < -0.3 is 0 Å². The van der Waals surface area contributed by atoms with E-state index in [-0.39, 0.29) is 0 Å². The van der Waals surface area contributed by atoms with Gasteiger partial charge in [0.1, 0.15) is 5.01 Å². The monoisotopic (exact) mass is 251 g/mol. The highest BCUT2D eigenvalue weighted by atomic mass is 32.1. The molecular formula is C14H18FNS. The number of hydrogen-bond acceptors (Lipinski definition) is 2. The minimum absolute atomic E-state index is 0.611. The van der Waals surface area contributed by atoms with Crippen LogP contribution in [-0.4, -0.2) is 4.98 Å². The fourth-order valence-corrected chi connectivity index (χ4v) is 2.88. The summed E-state index contributed by atoms with van der Waals surface area (Å²) in [5, 5.41) is 0.641. The smallest absolute Gasteiger partial charge is 0.151 e. The van der Waals surface area contributed by atoms with Crippen molar-refractivity contribution in [1.29, 1.82) is 0 Å². The summed E-state index contributed by atoms with van der Waals surface area (Å²) < 4.78 is 15.0. The van der Waals surface area contributed by atoms with Crippen molar-refractivity contribution in [3.63, 3.8) is 0 Å². The van der Waals surface area contributed by atoms with Gasteiger partial charge in [-0.3, -0.25) is 0 Å². The number of halogens is 1. The van der Waals surface area contributed by atoms with Gasteiger partial charge in [0.2, 0.25) is 0 Å². The number of aromatic nitrogens is 1. The molecule has 1 atom stereocenters. The Labute approximate surface area is 106 Å². The fraction of sp³-hybridized carbons (Fsp3) is 0.500. The van der Waals surface area contributed by atoms with Crippen molar-refractivity contribution >= 4 is 21.6 Å². The van der Waals surface area contributed by atoms with E-state index in [1.54, 1.807) is 0 Å². The predicted molar refractivity (Wildman–Crippen MR) is 72.2 cm³/mol. The highest BCUT2D eigenvalue weighted by molar-refractivity contribution is 7.18. The zero-order valence-corrected chi connectivity index (χ0v) is 11.0. The number of thiazole rings is 1. The molecule has 1 heterocycles. The molecule has 2 aromatic rings. The molecule has 1 unspecified atom stereocenters. The molecule has 3 heteroatoms. The lowest BCUT2D eigenvalue weighted by atomic mass is 10.1. The van der Waals surface area contributed by atoms with Crippen LogP contribution < -0.4 is 0 Å². The summed E-state index contributed by atoms with van der Waals surface area (Å²) in [4.78, 5) is 4.36.